The van der Waals surface area contributed by atoms with Gasteiger partial charge in [-0.2, -0.15) is 0 Å². The van der Waals surface area contributed by atoms with E-state index in [4.69, 9.17) is 4.74 Å². The van der Waals surface area contributed by atoms with E-state index in [0.29, 0.717) is 17.6 Å². The van der Waals surface area contributed by atoms with Crippen LogP contribution in [-0.2, 0) is 4.74 Å². The van der Waals surface area contributed by atoms with E-state index in [2.05, 4.69) is 31.0 Å². The first-order valence-electron chi connectivity index (χ1n) is 6.16. The first kappa shape index (κ1) is 11.4. The van der Waals surface area contributed by atoms with Crippen molar-refractivity contribution < 1.29 is 4.74 Å². The quantitative estimate of drug-likeness (QED) is 0.742. The van der Waals surface area contributed by atoms with Gasteiger partial charge in [0.1, 0.15) is 0 Å². The zero-order valence-electron chi connectivity index (χ0n) is 10.3. The number of nitrogens with zero attached hydrogens (tertiary/aromatic N) is 1. The molecule has 2 saturated heterocycles. The molecule has 0 saturated carbocycles. The molecule has 0 radical (unpaired) electrons. The van der Waals surface area contributed by atoms with Crippen molar-refractivity contribution in [1.29, 1.82) is 0 Å². The molecular formula is C12H24N2O. The van der Waals surface area contributed by atoms with Crippen molar-refractivity contribution in [2.24, 2.45) is 5.41 Å². The monoisotopic (exact) mass is 212 g/mol. The van der Waals surface area contributed by atoms with Crippen molar-refractivity contribution in [2.75, 3.05) is 32.7 Å². The average Bonchev–Trinajstić information content (AvgIpc) is 2.49. The Labute approximate surface area is 93.2 Å². The molecule has 3 unspecified atom stereocenters. The lowest BCUT2D eigenvalue weighted by atomic mass is 9.89. The molecule has 0 aromatic rings. The second kappa shape index (κ2) is 4.40. The van der Waals surface area contributed by atoms with Gasteiger partial charge in [0.05, 0.1) is 12.2 Å². The van der Waals surface area contributed by atoms with Gasteiger partial charge in [0, 0.05) is 26.2 Å². The van der Waals surface area contributed by atoms with E-state index < -0.39 is 0 Å². The van der Waals surface area contributed by atoms with Crippen LogP contribution in [0.5, 0.6) is 0 Å². The van der Waals surface area contributed by atoms with Gasteiger partial charge in [0.25, 0.3) is 0 Å². The maximum atomic E-state index is 5.76. The normalized spacial score (nSPS) is 43.4. The Balaban J connectivity index is 1.87. The third-order valence-electron chi connectivity index (χ3n) is 3.56. The van der Waals surface area contributed by atoms with Crippen LogP contribution in [0, 0.1) is 5.41 Å². The first-order chi connectivity index (χ1) is 7.07. The van der Waals surface area contributed by atoms with Crippen LogP contribution in [0.15, 0.2) is 0 Å². The second-order valence-corrected chi connectivity index (χ2v) is 5.69. The van der Waals surface area contributed by atoms with E-state index in [-0.39, 0.29) is 0 Å². The summed E-state index contributed by atoms with van der Waals surface area (Å²) >= 11 is 0. The zero-order chi connectivity index (χ0) is 10.9. The zero-order valence-corrected chi connectivity index (χ0v) is 10.3. The van der Waals surface area contributed by atoms with E-state index in [9.17, 15) is 0 Å². The Morgan fingerprint density at radius 2 is 2.00 bits per heavy atom. The predicted octanol–water partition coefficient (Wildman–Crippen LogP) is 1.10. The number of rotatable bonds is 2. The molecule has 0 aliphatic carbocycles. The van der Waals surface area contributed by atoms with Gasteiger partial charge in [-0.15, -0.1) is 0 Å². The van der Waals surface area contributed by atoms with Crippen molar-refractivity contribution in [2.45, 2.75) is 39.4 Å². The van der Waals surface area contributed by atoms with Gasteiger partial charge < -0.3 is 10.1 Å². The summed E-state index contributed by atoms with van der Waals surface area (Å²) in [5.41, 5.74) is 0.483. The molecule has 3 nitrogen and oxygen atoms in total. The largest absolute Gasteiger partial charge is 0.373 e. The highest BCUT2D eigenvalue weighted by atomic mass is 16.5. The summed E-state index contributed by atoms with van der Waals surface area (Å²) in [6.07, 6.45) is 2.10. The molecule has 1 N–H and O–H groups in total. The maximum absolute atomic E-state index is 5.76. The highest BCUT2D eigenvalue weighted by Crippen LogP contribution is 2.27. The standard InChI is InChI=1S/C12H24N2O/c1-10-6-14(7-11(2)15-10)9-12(3)4-5-13-8-12/h10-11,13H,4-9H2,1-3H3. The molecule has 2 aliphatic heterocycles. The van der Waals surface area contributed by atoms with Gasteiger partial charge in [-0.1, -0.05) is 6.92 Å². The summed E-state index contributed by atoms with van der Waals surface area (Å²) in [5, 5.41) is 3.47. The molecule has 88 valence electrons. The van der Waals surface area contributed by atoms with E-state index in [0.717, 1.165) is 13.1 Å². The number of ether oxygens (including phenoxy) is 1. The minimum absolute atomic E-state index is 0.395. The van der Waals surface area contributed by atoms with Gasteiger partial charge in [0.2, 0.25) is 0 Å². The second-order valence-electron chi connectivity index (χ2n) is 5.69. The number of nitrogens with one attached hydrogen (secondary N) is 1. The summed E-state index contributed by atoms with van der Waals surface area (Å²) in [6, 6.07) is 0. The Hall–Kier alpha value is -0.120. The molecule has 2 fully saturated rings. The molecule has 0 spiro atoms. The summed E-state index contributed by atoms with van der Waals surface area (Å²) in [6.45, 7) is 12.5. The lowest BCUT2D eigenvalue weighted by molar-refractivity contribution is -0.0755. The van der Waals surface area contributed by atoms with Gasteiger partial charge in [-0.25, -0.2) is 0 Å². The average molecular weight is 212 g/mol. The fraction of sp³-hybridized carbons (Fsp3) is 1.00. The third kappa shape index (κ3) is 2.92. The van der Waals surface area contributed by atoms with E-state index in [1.165, 1.54) is 26.1 Å². The Kier molecular flexibility index (Phi) is 3.33. The van der Waals surface area contributed by atoms with Gasteiger partial charge in [0.15, 0.2) is 0 Å². The van der Waals surface area contributed by atoms with Crippen LogP contribution in [0.25, 0.3) is 0 Å². The Morgan fingerprint density at radius 1 is 1.33 bits per heavy atom. The van der Waals surface area contributed by atoms with Gasteiger partial charge in [-0.05, 0) is 32.2 Å². The Morgan fingerprint density at radius 3 is 2.53 bits per heavy atom. The van der Waals surface area contributed by atoms with Crippen molar-refractivity contribution in [3.63, 3.8) is 0 Å². The molecule has 0 aromatic carbocycles. The fourth-order valence-electron chi connectivity index (χ4n) is 2.96. The first-order valence-corrected chi connectivity index (χ1v) is 6.16. The summed E-state index contributed by atoms with van der Waals surface area (Å²) in [5.74, 6) is 0. The summed E-state index contributed by atoms with van der Waals surface area (Å²) < 4.78 is 5.76. The van der Waals surface area contributed by atoms with E-state index >= 15 is 0 Å². The van der Waals surface area contributed by atoms with Crippen LogP contribution in [0.1, 0.15) is 27.2 Å². The van der Waals surface area contributed by atoms with Crippen LogP contribution >= 0.6 is 0 Å². The maximum Gasteiger partial charge on any atom is 0.0678 e. The molecule has 15 heavy (non-hydrogen) atoms. The minimum Gasteiger partial charge on any atom is -0.373 e. The van der Waals surface area contributed by atoms with Crippen LogP contribution in [-0.4, -0.2) is 49.8 Å². The predicted molar refractivity (Wildman–Crippen MR) is 62.0 cm³/mol. The molecule has 0 bridgehead atoms. The highest BCUT2D eigenvalue weighted by molar-refractivity contribution is 4.88. The van der Waals surface area contributed by atoms with E-state index in [1.54, 1.807) is 0 Å². The molecule has 3 heteroatoms. The number of hydrogen-bond acceptors (Lipinski definition) is 3. The highest BCUT2D eigenvalue weighted by Gasteiger charge is 2.33. The lowest BCUT2D eigenvalue weighted by Crippen LogP contribution is -2.49. The summed E-state index contributed by atoms with van der Waals surface area (Å²) in [4.78, 5) is 2.58. The number of morpholine rings is 1. The van der Waals surface area contributed by atoms with Crippen molar-refractivity contribution >= 4 is 0 Å². The molecule has 3 atom stereocenters. The molecule has 0 aromatic heterocycles. The molecule has 0 amide bonds. The van der Waals surface area contributed by atoms with Crippen LogP contribution in [0.4, 0.5) is 0 Å². The topological polar surface area (TPSA) is 24.5 Å². The molecular weight excluding hydrogens is 188 g/mol. The smallest absolute Gasteiger partial charge is 0.0678 e. The van der Waals surface area contributed by atoms with Crippen molar-refractivity contribution in [3.05, 3.63) is 0 Å². The fourth-order valence-corrected chi connectivity index (χ4v) is 2.96. The molecule has 2 aliphatic rings. The number of hydrogen-bond donors (Lipinski definition) is 1. The van der Waals surface area contributed by atoms with E-state index in [1.807, 2.05) is 0 Å². The summed E-state index contributed by atoms with van der Waals surface area (Å²) in [7, 11) is 0. The third-order valence-corrected chi connectivity index (χ3v) is 3.56. The Bertz CT molecular complexity index is 204. The van der Waals surface area contributed by atoms with Gasteiger partial charge >= 0.3 is 0 Å². The minimum atomic E-state index is 0.395. The van der Waals surface area contributed by atoms with Crippen molar-refractivity contribution in [3.8, 4) is 0 Å². The van der Waals surface area contributed by atoms with Gasteiger partial charge in [-0.3, -0.25) is 4.90 Å². The molecule has 2 heterocycles. The lowest BCUT2D eigenvalue weighted by Gasteiger charge is -2.39. The SMILES string of the molecule is CC1CN(CC2(C)CCNC2)CC(C)O1. The van der Waals surface area contributed by atoms with Crippen LogP contribution < -0.4 is 5.32 Å². The van der Waals surface area contributed by atoms with Crippen LogP contribution in [0.3, 0.4) is 0 Å². The van der Waals surface area contributed by atoms with Crippen LogP contribution in [0.2, 0.25) is 0 Å². The molecule has 2 rings (SSSR count). The van der Waals surface area contributed by atoms with Crippen molar-refractivity contribution in [1.82, 2.24) is 10.2 Å².